The summed E-state index contributed by atoms with van der Waals surface area (Å²) >= 11 is 0. The highest BCUT2D eigenvalue weighted by Crippen LogP contribution is 2.65. The molecule has 2 fully saturated rings. The van der Waals surface area contributed by atoms with E-state index >= 15 is 0 Å². The molecule has 0 saturated heterocycles. The summed E-state index contributed by atoms with van der Waals surface area (Å²) in [5, 5.41) is 0. The van der Waals surface area contributed by atoms with Crippen molar-refractivity contribution in [3.05, 3.63) is 23.3 Å². The van der Waals surface area contributed by atoms with Crippen LogP contribution in [0.25, 0.3) is 0 Å². The summed E-state index contributed by atoms with van der Waals surface area (Å²) in [4.78, 5) is 4.87. The molecule has 0 aromatic heterocycles. The Bertz CT molecular complexity index is 645. The number of fused-ring (bicyclic) bond motifs is 5. The van der Waals surface area contributed by atoms with Crippen molar-refractivity contribution in [3.8, 4) is 0 Å². The number of hydrogen-bond donors (Lipinski definition) is 0. The maximum Gasteiger partial charge on any atom is 0.0275 e. The van der Waals surface area contributed by atoms with Crippen LogP contribution in [0.3, 0.4) is 0 Å². The van der Waals surface area contributed by atoms with Crippen LogP contribution in [-0.2, 0) is 0 Å². The molecule has 0 aromatic carbocycles. The van der Waals surface area contributed by atoms with Crippen molar-refractivity contribution in [3.63, 3.8) is 0 Å². The van der Waals surface area contributed by atoms with Crippen molar-refractivity contribution in [2.45, 2.75) is 77.8 Å². The van der Waals surface area contributed by atoms with Gasteiger partial charge in [-0.3, -0.25) is 0 Å². The van der Waals surface area contributed by atoms with Crippen molar-refractivity contribution in [1.82, 2.24) is 9.80 Å². The van der Waals surface area contributed by atoms with Gasteiger partial charge in [0.15, 0.2) is 0 Å². The summed E-state index contributed by atoms with van der Waals surface area (Å²) in [6.45, 7) is 7.69. The molecule has 2 nitrogen and oxygen atoms in total. The quantitative estimate of drug-likeness (QED) is 0.617. The van der Waals surface area contributed by atoms with E-state index in [-0.39, 0.29) is 0 Å². The monoisotopic (exact) mass is 370 g/mol. The Morgan fingerprint density at radius 3 is 2.37 bits per heavy atom. The molecule has 4 aliphatic carbocycles. The van der Waals surface area contributed by atoms with Crippen LogP contribution in [-0.4, -0.2) is 50.1 Å². The minimum absolute atomic E-state index is 0.448. The molecule has 4 rings (SSSR count). The molecule has 0 radical (unpaired) electrons. The molecule has 0 spiro atoms. The van der Waals surface area contributed by atoms with Gasteiger partial charge in [0.05, 0.1) is 0 Å². The van der Waals surface area contributed by atoms with E-state index in [4.69, 9.17) is 0 Å². The van der Waals surface area contributed by atoms with E-state index in [9.17, 15) is 0 Å². The van der Waals surface area contributed by atoms with Gasteiger partial charge in [0.25, 0.3) is 0 Å². The van der Waals surface area contributed by atoms with Crippen molar-refractivity contribution < 1.29 is 0 Å². The van der Waals surface area contributed by atoms with Gasteiger partial charge in [-0.2, -0.15) is 0 Å². The van der Waals surface area contributed by atoms with Crippen LogP contribution in [0.4, 0.5) is 0 Å². The minimum Gasteiger partial charge on any atom is -0.306 e. The predicted molar refractivity (Wildman–Crippen MR) is 116 cm³/mol. The fourth-order valence-corrected chi connectivity index (χ4v) is 7.57. The molecule has 4 aliphatic rings. The standard InChI is InChI=1S/C25H42N2/c1-17(26(4)5)21-10-11-22-20-9-8-18-16-19(27(6)7)12-14-24(18,2)23(20)13-15-25(21,22)3/h11,16-17,19-21,23H,8-10,12-15H2,1-7H3/t17-,19-,20-,21+,23-,24-,25+/m0/s1. The van der Waals surface area contributed by atoms with E-state index in [0.717, 1.165) is 17.8 Å². The first-order chi connectivity index (χ1) is 12.7. The summed E-state index contributed by atoms with van der Waals surface area (Å²) < 4.78 is 0. The van der Waals surface area contributed by atoms with Crippen LogP contribution in [0.5, 0.6) is 0 Å². The van der Waals surface area contributed by atoms with Gasteiger partial charge in [0.1, 0.15) is 0 Å². The average molecular weight is 371 g/mol. The van der Waals surface area contributed by atoms with Gasteiger partial charge < -0.3 is 9.80 Å². The number of likely N-dealkylation sites (N-methyl/N-ethyl adjacent to an activating group) is 1. The molecule has 0 aliphatic heterocycles. The first-order valence-electron chi connectivity index (χ1n) is 11.4. The molecule has 152 valence electrons. The Morgan fingerprint density at radius 1 is 1.00 bits per heavy atom. The van der Waals surface area contributed by atoms with Gasteiger partial charge in [-0.15, -0.1) is 0 Å². The van der Waals surface area contributed by atoms with E-state index in [1.807, 2.05) is 5.57 Å². The third kappa shape index (κ3) is 2.89. The largest absolute Gasteiger partial charge is 0.306 e. The van der Waals surface area contributed by atoms with Crippen molar-refractivity contribution in [2.24, 2.45) is 28.6 Å². The number of allylic oxidation sites excluding steroid dienone is 3. The summed E-state index contributed by atoms with van der Waals surface area (Å²) in [5.74, 6) is 2.53. The van der Waals surface area contributed by atoms with Gasteiger partial charge in [-0.05, 0) is 109 Å². The first kappa shape index (κ1) is 19.7. The van der Waals surface area contributed by atoms with Crippen molar-refractivity contribution in [1.29, 1.82) is 0 Å². The Labute approximate surface area is 168 Å². The number of nitrogens with zero attached hydrogens (tertiary/aromatic N) is 2. The van der Waals surface area contributed by atoms with Crippen LogP contribution in [0.2, 0.25) is 0 Å². The second kappa shape index (κ2) is 6.73. The van der Waals surface area contributed by atoms with Crippen LogP contribution in [0.15, 0.2) is 23.3 Å². The van der Waals surface area contributed by atoms with Crippen molar-refractivity contribution in [2.75, 3.05) is 28.2 Å². The van der Waals surface area contributed by atoms with Gasteiger partial charge in [0.2, 0.25) is 0 Å². The highest BCUT2D eigenvalue weighted by Gasteiger charge is 2.56. The molecule has 2 heteroatoms. The zero-order valence-electron chi connectivity index (χ0n) is 18.9. The van der Waals surface area contributed by atoms with E-state index in [0.29, 0.717) is 22.9 Å². The maximum atomic E-state index is 2.70. The van der Waals surface area contributed by atoms with Crippen molar-refractivity contribution >= 4 is 0 Å². The molecule has 0 aromatic rings. The maximum absolute atomic E-state index is 2.70. The lowest BCUT2D eigenvalue weighted by molar-refractivity contribution is 0.0200. The third-order valence-corrected chi connectivity index (χ3v) is 9.62. The second-order valence-corrected chi connectivity index (χ2v) is 11.1. The number of rotatable bonds is 3. The highest BCUT2D eigenvalue weighted by atomic mass is 15.1. The molecule has 7 atom stereocenters. The molecule has 27 heavy (non-hydrogen) atoms. The minimum atomic E-state index is 0.448. The second-order valence-electron chi connectivity index (χ2n) is 11.1. The van der Waals surface area contributed by atoms with Crippen LogP contribution in [0, 0.1) is 28.6 Å². The fourth-order valence-electron chi connectivity index (χ4n) is 7.57. The summed E-state index contributed by atoms with van der Waals surface area (Å²) in [6, 6.07) is 1.33. The smallest absolute Gasteiger partial charge is 0.0275 e. The zero-order chi connectivity index (χ0) is 19.6. The van der Waals surface area contributed by atoms with E-state index in [1.165, 1.54) is 44.9 Å². The fraction of sp³-hybridized carbons (Fsp3) is 0.840. The van der Waals surface area contributed by atoms with Gasteiger partial charge in [-0.25, -0.2) is 0 Å². The summed E-state index contributed by atoms with van der Waals surface area (Å²) in [5.41, 5.74) is 4.58. The molecule has 0 bridgehead atoms. The van der Waals surface area contributed by atoms with E-state index in [2.05, 4.69) is 70.9 Å². The zero-order valence-corrected chi connectivity index (χ0v) is 18.9. The lowest BCUT2D eigenvalue weighted by atomic mass is 9.48. The highest BCUT2D eigenvalue weighted by molar-refractivity contribution is 5.34. The molecule has 0 unspecified atom stereocenters. The molecular weight excluding hydrogens is 328 g/mol. The molecule has 0 N–H and O–H groups in total. The first-order valence-corrected chi connectivity index (χ1v) is 11.4. The average Bonchev–Trinajstić information content (AvgIpc) is 2.97. The lowest BCUT2D eigenvalue weighted by Crippen LogP contribution is -2.50. The number of hydrogen-bond acceptors (Lipinski definition) is 2. The van der Waals surface area contributed by atoms with Crippen LogP contribution in [0.1, 0.15) is 65.7 Å². The topological polar surface area (TPSA) is 6.48 Å². The van der Waals surface area contributed by atoms with Crippen LogP contribution < -0.4 is 0 Å². The Hall–Kier alpha value is -0.600. The van der Waals surface area contributed by atoms with Gasteiger partial charge >= 0.3 is 0 Å². The third-order valence-electron chi connectivity index (χ3n) is 9.62. The van der Waals surface area contributed by atoms with Gasteiger partial charge in [0, 0.05) is 12.1 Å². The Kier molecular flexibility index (Phi) is 4.91. The predicted octanol–water partition coefficient (Wildman–Crippen LogP) is 5.37. The van der Waals surface area contributed by atoms with Gasteiger partial charge in [-0.1, -0.05) is 37.1 Å². The SMILES string of the molecule is C[C@@H]([C@H]1CC=C2[C@@H]3CCC4=C[C@@H](N(C)C)CC[C@]4(C)[C@H]3CC[C@@]21C)N(C)C. The molecular formula is C25H42N2. The molecule has 2 saturated carbocycles. The lowest BCUT2D eigenvalue weighted by Gasteiger charge is -2.58. The van der Waals surface area contributed by atoms with E-state index in [1.54, 1.807) is 5.57 Å². The Morgan fingerprint density at radius 2 is 1.70 bits per heavy atom. The van der Waals surface area contributed by atoms with Crippen LogP contribution >= 0.6 is 0 Å². The Balaban J connectivity index is 1.61. The summed E-state index contributed by atoms with van der Waals surface area (Å²) in [6.07, 6.45) is 15.0. The van der Waals surface area contributed by atoms with E-state index < -0.39 is 0 Å². The summed E-state index contributed by atoms with van der Waals surface area (Å²) in [7, 11) is 9.02. The molecule has 0 heterocycles. The molecule has 0 amide bonds. The normalized spacial score (nSPS) is 45.1.